The second-order valence-corrected chi connectivity index (χ2v) is 3.27. The molecule has 1 aromatic carbocycles. The van der Waals surface area contributed by atoms with Crippen LogP contribution < -0.4 is 5.73 Å². The second kappa shape index (κ2) is 4.96. The van der Waals surface area contributed by atoms with Crippen LogP contribution in [0.3, 0.4) is 0 Å². The lowest BCUT2D eigenvalue weighted by molar-refractivity contribution is 0.292. The Morgan fingerprint density at radius 2 is 1.93 bits per heavy atom. The van der Waals surface area contributed by atoms with Crippen LogP contribution in [-0.2, 0) is 6.54 Å². The van der Waals surface area contributed by atoms with Gasteiger partial charge in [0.15, 0.2) is 0 Å². The Morgan fingerprint density at radius 3 is 2.43 bits per heavy atom. The van der Waals surface area contributed by atoms with Crippen LogP contribution in [0.25, 0.3) is 0 Å². The van der Waals surface area contributed by atoms with Crippen LogP contribution in [-0.4, -0.2) is 18.0 Å². The molecule has 0 unspecified atom stereocenters. The Labute approximate surface area is 84.5 Å². The van der Waals surface area contributed by atoms with Gasteiger partial charge in [-0.15, -0.1) is 0 Å². The molecule has 1 rings (SSSR count). The average Bonchev–Trinajstić information content (AvgIpc) is 2.18. The lowest BCUT2D eigenvalue weighted by atomic mass is 10.1. The van der Waals surface area contributed by atoms with Gasteiger partial charge < -0.3 is 5.73 Å². The minimum absolute atomic E-state index is 0.211. The van der Waals surface area contributed by atoms with Crippen LogP contribution in [0, 0.1) is 5.82 Å². The van der Waals surface area contributed by atoms with Crippen molar-refractivity contribution in [2.24, 2.45) is 0 Å². The van der Waals surface area contributed by atoms with Gasteiger partial charge in [0.05, 0.1) is 0 Å². The van der Waals surface area contributed by atoms with Crippen LogP contribution in [0.2, 0.25) is 0 Å². The van der Waals surface area contributed by atoms with E-state index in [9.17, 15) is 4.39 Å². The molecule has 0 saturated heterocycles. The number of nitrogens with two attached hydrogens (primary N) is 1. The molecule has 0 aliphatic heterocycles. The molecule has 0 spiro atoms. The zero-order valence-electron chi connectivity index (χ0n) is 8.76. The Kier molecular flexibility index (Phi) is 3.89. The molecule has 78 valence electrons. The van der Waals surface area contributed by atoms with Crippen LogP contribution in [0.15, 0.2) is 18.2 Å². The summed E-state index contributed by atoms with van der Waals surface area (Å²) in [5, 5.41) is 0. The predicted octanol–water partition coefficient (Wildman–Crippen LogP) is 2.25. The maximum absolute atomic E-state index is 13.4. The molecule has 0 bridgehead atoms. The SMILES string of the molecule is CCN(CC)Cc1c(N)cccc1F. The summed E-state index contributed by atoms with van der Waals surface area (Å²) in [5.74, 6) is -0.211. The molecule has 2 nitrogen and oxygen atoms in total. The summed E-state index contributed by atoms with van der Waals surface area (Å²) >= 11 is 0. The van der Waals surface area contributed by atoms with E-state index in [4.69, 9.17) is 5.73 Å². The van der Waals surface area contributed by atoms with E-state index in [1.165, 1.54) is 6.07 Å². The zero-order chi connectivity index (χ0) is 10.6. The van der Waals surface area contributed by atoms with E-state index in [0.717, 1.165) is 13.1 Å². The van der Waals surface area contributed by atoms with Crippen LogP contribution in [0.1, 0.15) is 19.4 Å². The van der Waals surface area contributed by atoms with E-state index >= 15 is 0 Å². The molecule has 2 N–H and O–H groups in total. The highest BCUT2D eigenvalue weighted by molar-refractivity contribution is 5.47. The fraction of sp³-hybridized carbons (Fsp3) is 0.455. The van der Waals surface area contributed by atoms with Crippen molar-refractivity contribution in [2.75, 3.05) is 18.8 Å². The molecule has 0 aliphatic rings. The lowest BCUT2D eigenvalue weighted by Gasteiger charge is -2.19. The van der Waals surface area contributed by atoms with Gasteiger partial charge in [-0.25, -0.2) is 4.39 Å². The molecule has 14 heavy (non-hydrogen) atoms. The Hall–Kier alpha value is -1.09. The van der Waals surface area contributed by atoms with Gasteiger partial charge in [0.25, 0.3) is 0 Å². The smallest absolute Gasteiger partial charge is 0.129 e. The summed E-state index contributed by atoms with van der Waals surface area (Å²) in [5.41, 5.74) is 6.86. The van der Waals surface area contributed by atoms with Crippen molar-refractivity contribution >= 4 is 5.69 Å². The topological polar surface area (TPSA) is 29.3 Å². The third-order valence-corrected chi connectivity index (χ3v) is 2.43. The largest absolute Gasteiger partial charge is 0.398 e. The minimum Gasteiger partial charge on any atom is -0.398 e. The van der Waals surface area contributed by atoms with Gasteiger partial charge in [-0.1, -0.05) is 19.9 Å². The normalized spacial score (nSPS) is 10.9. The number of benzene rings is 1. The average molecular weight is 196 g/mol. The summed E-state index contributed by atoms with van der Waals surface area (Å²) in [4.78, 5) is 2.13. The summed E-state index contributed by atoms with van der Waals surface area (Å²) in [6.45, 7) is 6.52. The van der Waals surface area contributed by atoms with Gasteiger partial charge in [-0.3, -0.25) is 4.90 Å². The summed E-state index contributed by atoms with van der Waals surface area (Å²) < 4.78 is 13.4. The second-order valence-electron chi connectivity index (χ2n) is 3.27. The number of hydrogen-bond donors (Lipinski definition) is 1. The molecule has 0 aromatic heterocycles. The van der Waals surface area contributed by atoms with Gasteiger partial charge in [0.1, 0.15) is 5.82 Å². The Balaban J connectivity index is 2.84. The first-order chi connectivity index (χ1) is 6.69. The van der Waals surface area contributed by atoms with Gasteiger partial charge in [0.2, 0.25) is 0 Å². The third-order valence-electron chi connectivity index (χ3n) is 2.43. The first kappa shape index (κ1) is 11.0. The maximum Gasteiger partial charge on any atom is 0.129 e. The van der Waals surface area contributed by atoms with E-state index < -0.39 is 0 Å². The van der Waals surface area contributed by atoms with Crippen LogP contribution >= 0.6 is 0 Å². The van der Waals surface area contributed by atoms with Gasteiger partial charge >= 0.3 is 0 Å². The molecule has 0 heterocycles. The van der Waals surface area contributed by atoms with Gasteiger partial charge in [-0.05, 0) is 25.2 Å². The molecule has 0 amide bonds. The lowest BCUT2D eigenvalue weighted by Crippen LogP contribution is -2.23. The third kappa shape index (κ3) is 2.45. The quantitative estimate of drug-likeness (QED) is 0.748. The monoisotopic (exact) mass is 196 g/mol. The number of anilines is 1. The van der Waals surface area contributed by atoms with Crippen molar-refractivity contribution in [3.63, 3.8) is 0 Å². The van der Waals surface area contributed by atoms with Crippen molar-refractivity contribution in [2.45, 2.75) is 20.4 Å². The molecule has 1 aromatic rings. The molecule has 0 radical (unpaired) electrons. The molecule has 3 heteroatoms. The Bertz CT molecular complexity index is 275. The van der Waals surface area contributed by atoms with Crippen molar-refractivity contribution in [3.8, 4) is 0 Å². The first-order valence-corrected chi connectivity index (χ1v) is 4.94. The minimum atomic E-state index is -0.211. The van der Waals surface area contributed by atoms with E-state index in [1.807, 2.05) is 0 Å². The van der Waals surface area contributed by atoms with Gasteiger partial charge in [0, 0.05) is 17.8 Å². The molecule has 0 aliphatic carbocycles. The van der Waals surface area contributed by atoms with Crippen molar-refractivity contribution in [3.05, 3.63) is 29.6 Å². The molecule has 0 atom stereocenters. The Morgan fingerprint density at radius 1 is 1.29 bits per heavy atom. The fourth-order valence-electron chi connectivity index (χ4n) is 1.41. The summed E-state index contributed by atoms with van der Waals surface area (Å²) in [6.07, 6.45) is 0. The standard InChI is InChI=1S/C11H17FN2/c1-3-14(4-2)8-9-10(12)6-5-7-11(9)13/h5-7H,3-4,8,13H2,1-2H3. The number of nitrogen functional groups attached to an aromatic ring is 1. The number of halogens is 1. The molecule has 0 fully saturated rings. The van der Waals surface area contributed by atoms with E-state index in [0.29, 0.717) is 17.8 Å². The highest BCUT2D eigenvalue weighted by Gasteiger charge is 2.08. The van der Waals surface area contributed by atoms with E-state index in [2.05, 4.69) is 18.7 Å². The van der Waals surface area contributed by atoms with Crippen LogP contribution in [0.4, 0.5) is 10.1 Å². The number of hydrogen-bond acceptors (Lipinski definition) is 2. The maximum atomic E-state index is 13.4. The fourth-order valence-corrected chi connectivity index (χ4v) is 1.41. The van der Waals surface area contributed by atoms with Crippen molar-refractivity contribution < 1.29 is 4.39 Å². The van der Waals surface area contributed by atoms with E-state index in [1.54, 1.807) is 12.1 Å². The van der Waals surface area contributed by atoms with Gasteiger partial charge in [-0.2, -0.15) is 0 Å². The number of rotatable bonds is 4. The zero-order valence-corrected chi connectivity index (χ0v) is 8.76. The molecular formula is C11H17FN2. The first-order valence-electron chi connectivity index (χ1n) is 4.94. The summed E-state index contributed by atoms with van der Waals surface area (Å²) in [6, 6.07) is 4.83. The number of nitrogens with zero attached hydrogens (tertiary/aromatic N) is 1. The highest BCUT2D eigenvalue weighted by Crippen LogP contribution is 2.17. The molecular weight excluding hydrogens is 179 g/mol. The van der Waals surface area contributed by atoms with Crippen molar-refractivity contribution in [1.82, 2.24) is 4.90 Å². The predicted molar refractivity (Wildman–Crippen MR) is 57.4 cm³/mol. The van der Waals surface area contributed by atoms with Crippen molar-refractivity contribution in [1.29, 1.82) is 0 Å². The highest BCUT2D eigenvalue weighted by atomic mass is 19.1. The molecule has 0 saturated carbocycles. The van der Waals surface area contributed by atoms with E-state index in [-0.39, 0.29) is 5.82 Å². The summed E-state index contributed by atoms with van der Waals surface area (Å²) in [7, 11) is 0. The van der Waals surface area contributed by atoms with Crippen LogP contribution in [0.5, 0.6) is 0 Å².